The smallest absolute Gasteiger partial charge is 0.354 e. The van der Waals surface area contributed by atoms with Gasteiger partial charge in [0, 0.05) is 0 Å². The zero-order valence-electron chi connectivity index (χ0n) is 9.70. The third-order valence-electron chi connectivity index (χ3n) is 1.31. The number of hydrogen-bond donors (Lipinski definition) is 0. The van der Waals surface area contributed by atoms with Crippen molar-refractivity contribution in [3.05, 3.63) is 0 Å². The molecular weight excluding hydrogens is 219 g/mol. The van der Waals surface area contributed by atoms with Gasteiger partial charge in [0.2, 0.25) is 0 Å². The van der Waals surface area contributed by atoms with Crippen LogP contribution in [0.2, 0.25) is 19.6 Å². The molecule has 0 rings (SSSR count). The van der Waals surface area contributed by atoms with Crippen LogP contribution in [0.5, 0.6) is 0 Å². The predicted molar refractivity (Wildman–Crippen MR) is 60.2 cm³/mol. The molecule has 0 fully saturated rings. The van der Waals surface area contributed by atoms with E-state index in [0.717, 1.165) is 0 Å². The summed E-state index contributed by atoms with van der Waals surface area (Å²) in [5.74, 6) is 0. The summed E-state index contributed by atoms with van der Waals surface area (Å²) in [6, 6.07) is 0. The highest BCUT2D eigenvalue weighted by Gasteiger charge is 2.27. The van der Waals surface area contributed by atoms with Crippen molar-refractivity contribution in [3.8, 4) is 0 Å². The molecule has 0 radical (unpaired) electrons. The standard InChI is InChI=1S/C8H21O4PSi/c1-6-10-13(9,11-7-2)8-12-14(3,4)5/h6-8H2,1-5H3. The Kier molecular flexibility index (Phi) is 6.17. The molecule has 0 bridgehead atoms. The van der Waals surface area contributed by atoms with Gasteiger partial charge >= 0.3 is 7.60 Å². The molecule has 0 unspecified atom stereocenters. The van der Waals surface area contributed by atoms with Crippen LogP contribution in [-0.4, -0.2) is 27.9 Å². The van der Waals surface area contributed by atoms with E-state index in [1.165, 1.54) is 0 Å². The lowest BCUT2D eigenvalue weighted by Crippen LogP contribution is -2.26. The van der Waals surface area contributed by atoms with Crippen molar-refractivity contribution >= 4 is 15.9 Å². The first kappa shape index (κ1) is 14.3. The van der Waals surface area contributed by atoms with Gasteiger partial charge in [-0.25, -0.2) is 0 Å². The zero-order valence-corrected chi connectivity index (χ0v) is 11.6. The molecule has 0 spiro atoms. The third kappa shape index (κ3) is 6.73. The monoisotopic (exact) mass is 240 g/mol. The molecule has 0 aliphatic heterocycles. The molecule has 0 aliphatic carbocycles. The largest absolute Gasteiger partial charge is 0.406 e. The Hall–Kier alpha value is 0.327. The molecule has 0 aromatic heterocycles. The van der Waals surface area contributed by atoms with E-state index < -0.39 is 15.9 Å². The minimum absolute atomic E-state index is 0.0738. The van der Waals surface area contributed by atoms with Gasteiger partial charge < -0.3 is 13.5 Å². The molecule has 0 aromatic rings. The summed E-state index contributed by atoms with van der Waals surface area (Å²) in [4.78, 5) is 0. The Morgan fingerprint density at radius 2 is 1.50 bits per heavy atom. The van der Waals surface area contributed by atoms with Crippen molar-refractivity contribution in [2.45, 2.75) is 33.5 Å². The van der Waals surface area contributed by atoms with Crippen molar-refractivity contribution in [2.24, 2.45) is 0 Å². The van der Waals surface area contributed by atoms with Crippen LogP contribution in [0.15, 0.2) is 0 Å². The van der Waals surface area contributed by atoms with Crippen LogP contribution in [0.25, 0.3) is 0 Å². The Balaban J connectivity index is 4.16. The second-order valence-corrected chi connectivity index (χ2v) is 10.3. The fourth-order valence-corrected chi connectivity index (χ4v) is 3.97. The molecule has 0 saturated heterocycles. The maximum Gasteiger partial charge on any atom is 0.354 e. The van der Waals surface area contributed by atoms with Gasteiger partial charge in [0.25, 0.3) is 0 Å². The minimum Gasteiger partial charge on any atom is -0.406 e. The Bertz CT molecular complexity index is 192. The normalized spacial score (nSPS) is 13.2. The van der Waals surface area contributed by atoms with E-state index in [4.69, 9.17) is 13.5 Å². The van der Waals surface area contributed by atoms with Crippen LogP contribution in [0, 0.1) is 0 Å². The van der Waals surface area contributed by atoms with Gasteiger partial charge in [-0.15, -0.1) is 0 Å². The van der Waals surface area contributed by atoms with E-state index in [9.17, 15) is 4.57 Å². The van der Waals surface area contributed by atoms with E-state index in [1.807, 2.05) is 19.6 Å². The van der Waals surface area contributed by atoms with Crippen LogP contribution in [0.3, 0.4) is 0 Å². The molecule has 0 aromatic carbocycles. The first-order valence-corrected chi connectivity index (χ1v) is 9.98. The fraction of sp³-hybridized carbons (Fsp3) is 1.00. The molecule has 0 atom stereocenters. The quantitative estimate of drug-likeness (QED) is 0.507. The van der Waals surface area contributed by atoms with Crippen LogP contribution in [0.4, 0.5) is 0 Å². The molecule has 0 N–H and O–H groups in total. The van der Waals surface area contributed by atoms with Crippen LogP contribution in [0.1, 0.15) is 13.8 Å². The lowest BCUT2D eigenvalue weighted by molar-refractivity contribution is 0.195. The Labute approximate surface area is 87.6 Å². The van der Waals surface area contributed by atoms with Crippen molar-refractivity contribution in [3.63, 3.8) is 0 Å². The molecule has 14 heavy (non-hydrogen) atoms. The van der Waals surface area contributed by atoms with Crippen LogP contribution in [-0.2, 0) is 18.0 Å². The van der Waals surface area contributed by atoms with E-state index >= 15 is 0 Å². The van der Waals surface area contributed by atoms with E-state index in [0.29, 0.717) is 13.2 Å². The van der Waals surface area contributed by atoms with Crippen molar-refractivity contribution in [2.75, 3.05) is 19.6 Å². The molecule has 4 nitrogen and oxygen atoms in total. The topological polar surface area (TPSA) is 44.8 Å². The summed E-state index contributed by atoms with van der Waals surface area (Å²) in [5.41, 5.74) is 0. The predicted octanol–water partition coefficient (Wildman–Crippen LogP) is 3.06. The SMILES string of the molecule is CCOP(=O)(CO[Si](C)(C)C)OCC. The lowest BCUT2D eigenvalue weighted by atomic mass is 10.9. The maximum absolute atomic E-state index is 11.9. The summed E-state index contributed by atoms with van der Waals surface area (Å²) in [7, 11) is -4.66. The van der Waals surface area contributed by atoms with Crippen molar-refractivity contribution < 1.29 is 18.0 Å². The van der Waals surface area contributed by atoms with E-state index in [1.54, 1.807) is 13.8 Å². The summed E-state index contributed by atoms with van der Waals surface area (Å²) < 4.78 is 27.6. The summed E-state index contributed by atoms with van der Waals surface area (Å²) in [5, 5.41) is 0. The molecular formula is C8H21O4PSi. The molecule has 0 heterocycles. The molecule has 0 amide bonds. The van der Waals surface area contributed by atoms with Crippen molar-refractivity contribution in [1.29, 1.82) is 0 Å². The highest BCUT2D eigenvalue weighted by Crippen LogP contribution is 2.48. The first-order chi connectivity index (χ1) is 6.33. The Morgan fingerprint density at radius 3 is 1.79 bits per heavy atom. The van der Waals surface area contributed by atoms with Gasteiger partial charge in [-0.3, -0.25) is 4.57 Å². The molecule has 6 heteroatoms. The minimum atomic E-state index is -3.00. The van der Waals surface area contributed by atoms with Crippen LogP contribution < -0.4 is 0 Å². The van der Waals surface area contributed by atoms with Crippen molar-refractivity contribution in [1.82, 2.24) is 0 Å². The lowest BCUT2D eigenvalue weighted by Gasteiger charge is -2.22. The second-order valence-electron chi connectivity index (χ2n) is 3.83. The van der Waals surface area contributed by atoms with Gasteiger partial charge in [-0.2, -0.15) is 0 Å². The average molecular weight is 240 g/mol. The molecule has 86 valence electrons. The van der Waals surface area contributed by atoms with Gasteiger partial charge in [-0.1, -0.05) is 0 Å². The Morgan fingerprint density at radius 1 is 1.07 bits per heavy atom. The average Bonchev–Trinajstić information content (AvgIpc) is 2.01. The molecule has 0 aliphatic rings. The van der Waals surface area contributed by atoms with Gasteiger partial charge in [0.15, 0.2) is 8.32 Å². The summed E-state index contributed by atoms with van der Waals surface area (Å²) in [6.07, 6.45) is 0.0738. The highest BCUT2D eigenvalue weighted by molar-refractivity contribution is 7.53. The third-order valence-corrected chi connectivity index (χ3v) is 4.31. The summed E-state index contributed by atoms with van der Waals surface area (Å²) in [6.45, 7) is 10.5. The zero-order chi connectivity index (χ0) is 11.2. The van der Waals surface area contributed by atoms with E-state index in [2.05, 4.69) is 0 Å². The first-order valence-electron chi connectivity index (χ1n) is 4.85. The van der Waals surface area contributed by atoms with Crippen LogP contribution >= 0.6 is 7.60 Å². The number of hydrogen-bond acceptors (Lipinski definition) is 4. The highest BCUT2D eigenvalue weighted by atomic mass is 31.2. The number of rotatable bonds is 7. The maximum atomic E-state index is 11.9. The molecule has 0 saturated carbocycles. The van der Waals surface area contributed by atoms with Gasteiger partial charge in [0.1, 0.15) is 6.35 Å². The second kappa shape index (κ2) is 6.03. The van der Waals surface area contributed by atoms with Gasteiger partial charge in [0.05, 0.1) is 13.2 Å². The fourth-order valence-electron chi connectivity index (χ4n) is 0.778. The summed E-state index contributed by atoms with van der Waals surface area (Å²) >= 11 is 0. The van der Waals surface area contributed by atoms with Gasteiger partial charge in [-0.05, 0) is 33.5 Å². The van der Waals surface area contributed by atoms with E-state index in [-0.39, 0.29) is 6.35 Å².